The number of nitrogens with zero attached hydrogens (tertiary/aromatic N) is 1. The fraction of sp³-hybridized carbons (Fsp3) is 0.417. The molecule has 0 radical (unpaired) electrons. The monoisotopic (exact) mass is 206 g/mol. The van der Waals surface area contributed by atoms with E-state index in [1.807, 2.05) is 32.9 Å². The lowest BCUT2D eigenvalue weighted by atomic mass is 10.2. The number of aliphatic imine (C=N–C) groups is 1. The fourth-order valence-electron chi connectivity index (χ4n) is 1.31. The number of nitrogens with one attached hydrogen (secondary N) is 1. The van der Waals surface area contributed by atoms with Gasteiger partial charge < -0.3 is 10.1 Å². The molecule has 1 N–H and O–H groups in total. The van der Waals surface area contributed by atoms with Crippen molar-refractivity contribution in [3.63, 3.8) is 0 Å². The van der Waals surface area contributed by atoms with E-state index in [1.54, 1.807) is 7.05 Å². The van der Waals surface area contributed by atoms with Gasteiger partial charge in [-0.2, -0.15) is 0 Å². The number of hydrogen-bond acceptors (Lipinski definition) is 2. The van der Waals surface area contributed by atoms with Crippen LogP contribution < -0.4 is 10.1 Å². The third kappa shape index (κ3) is 3.27. The predicted octanol–water partition coefficient (Wildman–Crippen LogP) is 2.85. The van der Waals surface area contributed by atoms with Crippen LogP contribution in [0, 0.1) is 6.92 Å². The van der Waals surface area contributed by atoms with Crippen LogP contribution >= 0.6 is 0 Å². The van der Waals surface area contributed by atoms with E-state index in [-0.39, 0.29) is 0 Å². The number of aryl methyl sites for hydroxylation is 1. The molecule has 82 valence electrons. The summed E-state index contributed by atoms with van der Waals surface area (Å²) >= 11 is 0. The molecule has 0 fully saturated rings. The molecule has 0 bridgehead atoms. The Balaban J connectivity index is 2.82. The van der Waals surface area contributed by atoms with Gasteiger partial charge in [0, 0.05) is 12.7 Å². The summed E-state index contributed by atoms with van der Waals surface area (Å²) < 4.78 is 5.46. The van der Waals surface area contributed by atoms with Crippen molar-refractivity contribution in [2.45, 2.75) is 20.8 Å². The van der Waals surface area contributed by atoms with Crippen LogP contribution in [0.2, 0.25) is 0 Å². The predicted molar refractivity (Wildman–Crippen MR) is 65.0 cm³/mol. The first-order chi connectivity index (χ1) is 7.17. The first kappa shape index (κ1) is 11.6. The molecule has 1 aromatic carbocycles. The highest BCUT2D eigenvalue weighted by Crippen LogP contribution is 2.21. The molecule has 0 atom stereocenters. The quantitative estimate of drug-likeness (QED) is 0.609. The highest BCUT2D eigenvalue weighted by Gasteiger charge is 2.00. The molecule has 3 nitrogen and oxygen atoms in total. The molecule has 0 aliphatic carbocycles. The summed E-state index contributed by atoms with van der Waals surface area (Å²) in [5.41, 5.74) is 2.17. The van der Waals surface area contributed by atoms with E-state index in [2.05, 4.69) is 16.4 Å². The average Bonchev–Trinajstić information content (AvgIpc) is 2.22. The number of rotatable bonds is 3. The second-order valence-electron chi connectivity index (χ2n) is 3.35. The van der Waals surface area contributed by atoms with Gasteiger partial charge in [-0.05, 0) is 44.5 Å². The smallest absolute Gasteiger partial charge is 0.122 e. The molecular formula is C12H18N2O. The van der Waals surface area contributed by atoms with E-state index in [9.17, 15) is 0 Å². The van der Waals surface area contributed by atoms with Gasteiger partial charge in [0.05, 0.1) is 12.4 Å². The normalized spacial score (nSPS) is 11.3. The second kappa shape index (κ2) is 5.39. The van der Waals surface area contributed by atoms with Gasteiger partial charge in [-0.3, -0.25) is 4.99 Å². The topological polar surface area (TPSA) is 33.6 Å². The van der Waals surface area contributed by atoms with Gasteiger partial charge in [-0.1, -0.05) is 0 Å². The Morgan fingerprint density at radius 3 is 2.73 bits per heavy atom. The van der Waals surface area contributed by atoms with Gasteiger partial charge in [-0.15, -0.1) is 0 Å². The van der Waals surface area contributed by atoms with Gasteiger partial charge in [0.1, 0.15) is 5.75 Å². The Morgan fingerprint density at radius 1 is 1.47 bits per heavy atom. The van der Waals surface area contributed by atoms with E-state index in [0.717, 1.165) is 22.8 Å². The van der Waals surface area contributed by atoms with Crippen LogP contribution in [0.25, 0.3) is 0 Å². The van der Waals surface area contributed by atoms with Crippen LogP contribution in [0.4, 0.5) is 5.69 Å². The highest BCUT2D eigenvalue weighted by molar-refractivity contribution is 5.93. The Hall–Kier alpha value is -1.51. The minimum Gasteiger partial charge on any atom is -0.494 e. The molecule has 0 amide bonds. The molecule has 3 heteroatoms. The Labute approximate surface area is 91.2 Å². The van der Waals surface area contributed by atoms with Crippen LogP contribution in [-0.4, -0.2) is 19.5 Å². The van der Waals surface area contributed by atoms with Crippen molar-refractivity contribution >= 4 is 11.5 Å². The van der Waals surface area contributed by atoms with Gasteiger partial charge in [-0.25, -0.2) is 0 Å². The maximum Gasteiger partial charge on any atom is 0.122 e. The van der Waals surface area contributed by atoms with Crippen molar-refractivity contribution in [2.75, 3.05) is 19.0 Å². The van der Waals surface area contributed by atoms with Crippen LogP contribution in [0.1, 0.15) is 19.4 Å². The summed E-state index contributed by atoms with van der Waals surface area (Å²) in [6.07, 6.45) is 0. The van der Waals surface area contributed by atoms with Crippen molar-refractivity contribution < 1.29 is 4.74 Å². The average molecular weight is 206 g/mol. The molecule has 15 heavy (non-hydrogen) atoms. The Kier molecular flexibility index (Phi) is 4.16. The van der Waals surface area contributed by atoms with Gasteiger partial charge in [0.25, 0.3) is 0 Å². The van der Waals surface area contributed by atoms with Crippen LogP contribution in [0.15, 0.2) is 23.2 Å². The van der Waals surface area contributed by atoms with Gasteiger partial charge in [0.15, 0.2) is 0 Å². The lowest BCUT2D eigenvalue weighted by molar-refractivity contribution is 0.338. The number of hydrogen-bond donors (Lipinski definition) is 1. The van der Waals surface area contributed by atoms with Crippen molar-refractivity contribution in [3.05, 3.63) is 23.8 Å². The van der Waals surface area contributed by atoms with Crippen LogP contribution in [-0.2, 0) is 0 Å². The molecule has 0 aliphatic rings. The molecule has 1 aromatic rings. The largest absolute Gasteiger partial charge is 0.494 e. The zero-order valence-corrected chi connectivity index (χ0v) is 9.79. The Morgan fingerprint density at radius 2 is 2.20 bits per heavy atom. The number of ether oxygens (including phenoxy) is 1. The minimum absolute atomic E-state index is 0.697. The molecule has 0 saturated carbocycles. The zero-order chi connectivity index (χ0) is 11.3. The van der Waals surface area contributed by atoms with Crippen molar-refractivity contribution in [1.82, 2.24) is 0 Å². The maximum absolute atomic E-state index is 5.46. The molecule has 0 unspecified atom stereocenters. The van der Waals surface area contributed by atoms with E-state index in [1.165, 1.54) is 0 Å². The lowest BCUT2D eigenvalue weighted by Gasteiger charge is -2.10. The SMILES string of the molecule is CCOc1ccc(NC(C)=NC)cc1C. The molecular weight excluding hydrogens is 188 g/mol. The van der Waals surface area contributed by atoms with E-state index in [4.69, 9.17) is 4.74 Å². The zero-order valence-electron chi connectivity index (χ0n) is 9.79. The number of benzene rings is 1. The summed E-state index contributed by atoms with van der Waals surface area (Å²) in [5.74, 6) is 1.84. The summed E-state index contributed by atoms with van der Waals surface area (Å²) in [5, 5.41) is 3.20. The molecule has 0 spiro atoms. The second-order valence-corrected chi connectivity index (χ2v) is 3.35. The summed E-state index contributed by atoms with van der Waals surface area (Å²) in [6, 6.07) is 6.02. The standard InChI is InChI=1S/C12H18N2O/c1-5-15-12-7-6-11(8-9(12)2)14-10(3)13-4/h6-8H,5H2,1-4H3,(H,13,14). The molecule has 1 rings (SSSR count). The van der Waals surface area contributed by atoms with Crippen LogP contribution in [0.3, 0.4) is 0 Å². The molecule has 0 heterocycles. The minimum atomic E-state index is 0.697. The van der Waals surface area contributed by atoms with Gasteiger partial charge >= 0.3 is 0 Å². The first-order valence-corrected chi connectivity index (χ1v) is 5.11. The first-order valence-electron chi connectivity index (χ1n) is 5.11. The fourth-order valence-corrected chi connectivity index (χ4v) is 1.31. The molecule has 0 saturated heterocycles. The number of anilines is 1. The van der Waals surface area contributed by atoms with Crippen molar-refractivity contribution in [1.29, 1.82) is 0 Å². The third-order valence-electron chi connectivity index (χ3n) is 2.14. The van der Waals surface area contributed by atoms with E-state index in [0.29, 0.717) is 6.61 Å². The molecule has 0 aromatic heterocycles. The molecule has 0 aliphatic heterocycles. The lowest BCUT2D eigenvalue weighted by Crippen LogP contribution is -2.06. The summed E-state index contributed by atoms with van der Waals surface area (Å²) in [7, 11) is 1.77. The third-order valence-corrected chi connectivity index (χ3v) is 2.14. The maximum atomic E-state index is 5.46. The van der Waals surface area contributed by atoms with Crippen molar-refractivity contribution in [2.24, 2.45) is 4.99 Å². The number of amidine groups is 1. The summed E-state index contributed by atoms with van der Waals surface area (Å²) in [6.45, 7) is 6.66. The Bertz CT molecular complexity index is 359. The highest BCUT2D eigenvalue weighted by atomic mass is 16.5. The van der Waals surface area contributed by atoms with E-state index < -0.39 is 0 Å². The summed E-state index contributed by atoms with van der Waals surface area (Å²) in [4.78, 5) is 4.05. The van der Waals surface area contributed by atoms with E-state index >= 15 is 0 Å². The van der Waals surface area contributed by atoms with Crippen LogP contribution in [0.5, 0.6) is 5.75 Å². The van der Waals surface area contributed by atoms with Gasteiger partial charge in [0.2, 0.25) is 0 Å². The van der Waals surface area contributed by atoms with Crippen molar-refractivity contribution in [3.8, 4) is 5.75 Å².